The molecular weight excluding hydrogens is 223 g/mol. The minimum Gasteiger partial charge on any atom is -1.00 e. The van der Waals surface area contributed by atoms with Gasteiger partial charge < -0.3 is 11.6 Å². The third kappa shape index (κ3) is 4.52. The molecule has 0 heterocycles. The van der Waals surface area contributed by atoms with Crippen molar-refractivity contribution >= 4 is 11.9 Å². The molecule has 0 aromatic heterocycles. The Labute approximate surface area is 134 Å². The van der Waals surface area contributed by atoms with Crippen molar-refractivity contribution in [2.24, 2.45) is 11.3 Å². The van der Waals surface area contributed by atoms with Crippen LogP contribution in [0.2, 0.25) is 0 Å². The Morgan fingerprint density at radius 1 is 1.33 bits per heavy atom. The van der Waals surface area contributed by atoms with Gasteiger partial charge in [-0.3, -0.25) is 9.59 Å². The molecule has 0 aliphatic heterocycles. The Bertz CT molecular complexity index is 219. The molecule has 84 valence electrons. The Morgan fingerprint density at radius 2 is 1.73 bits per heavy atom. The predicted molar refractivity (Wildman–Crippen MR) is 53.2 cm³/mol. The molecule has 1 atom stereocenters. The summed E-state index contributed by atoms with van der Waals surface area (Å²) in [6.45, 7) is 4.95. The van der Waals surface area contributed by atoms with Crippen LogP contribution in [0, 0.1) is 11.3 Å². The van der Waals surface area contributed by atoms with Crippen LogP contribution in [0.25, 0.3) is 0 Å². The molecule has 4 nitrogen and oxygen atoms in total. The fourth-order valence-electron chi connectivity index (χ4n) is 1.31. The van der Waals surface area contributed by atoms with E-state index in [4.69, 9.17) is 10.2 Å². The van der Waals surface area contributed by atoms with Gasteiger partial charge >= 0.3 is 63.3 Å². The molecule has 0 saturated heterocycles. The molecule has 5 heteroatoms. The number of aliphatic carboxylic acids is 2. The molecule has 0 radical (unpaired) electrons. The molecule has 1 unspecified atom stereocenters. The molecule has 0 bridgehead atoms. The van der Waals surface area contributed by atoms with E-state index in [1.807, 2.05) is 6.92 Å². The molecule has 0 amide bonds. The third-order valence-corrected chi connectivity index (χ3v) is 2.86. The van der Waals surface area contributed by atoms with Crippen LogP contribution >= 0.6 is 0 Å². The molecule has 0 spiro atoms. The summed E-state index contributed by atoms with van der Waals surface area (Å²) in [6.07, 6.45) is 2.43. The van der Waals surface area contributed by atoms with Crippen LogP contribution in [0.1, 0.15) is 41.5 Å². The molecule has 0 aliphatic rings. The van der Waals surface area contributed by atoms with Gasteiger partial charge in [0.05, 0.1) is 0 Å². The average Bonchev–Trinajstić information content (AvgIpc) is 2.11. The van der Waals surface area contributed by atoms with Gasteiger partial charge in [0.25, 0.3) is 0 Å². The summed E-state index contributed by atoms with van der Waals surface area (Å²) >= 11 is 0. The van der Waals surface area contributed by atoms with Gasteiger partial charge in [-0.05, 0) is 19.3 Å². The molecule has 0 fully saturated rings. The van der Waals surface area contributed by atoms with Gasteiger partial charge in [-0.15, -0.1) is 0 Å². The van der Waals surface area contributed by atoms with Crippen molar-refractivity contribution in [1.82, 2.24) is 0 Å². The number of unbranched alkanes of at least 4 members (excludes halogenated alkanes) is 1. The first-order chi connectivity index (χ1) is 6.37. The number of hydrogen-bond donors (Lipinski definition) is 2. The van der Waals surface area contributed by atoms with E-state index in [1.54, 1.807) is 6.92 Å². The maximum Gasteiger partial charge on any atom is 1.00 e. The van der Waals surface area contributed by atoms with Crippen molar-refractivity contribution in [1.29, 1.82) is 0 Å². The van der Waals surface area contributed by atoms with Gasteiger partial charge in [0.2, 0.25) is 0 Å². The number of rotatable bonds is 6. The van der Waals surface area contributed by atoms with Gasteiger partial charge in [-0.1, -0.05) is 26.7 Å². The van der Waals surface area contributed by atoms with Crippen LogP contribution in [0.5, 0.6) is 0 Å². The Morgan fingerprint density at radius 3 is 2.00 bits per heavy atom. The van der Waals surface area contributed by atoms with Crippen molar-refractivity contribution < 1.29 is 72.6 Å². The van der Waals surface area contributed by atoms with Crippen molar-refractivity contribution in [3.63, 3.8) is 0 Å². The van der Waals surface area contributed by atoms with Gasteiger partial charge in [-0.25, -0.2) is 0 Å². The summed E-state index contributed by atoms with van der Waals surface area (Å²) in [5, 5.41) is 17.8. The first kappa shape index (κ1) is 18.0. The summed E-state index contributed by atoms with van der Waals surface area (Å²) in [7, 11) is 0. The van der Waals surface area contributed by atoms with Gasteiger partial charge in [0.15, 0.2) is 5.41 Å². The van der Waals surface area contributed by atoms with Gasteiger partial charge in [-0.2, -0.15) is 0 Å². The smallest absolute Gasteiger partial charge is 1.00 e. The van der Waals surface area contributed by atoms with Crippen LogP contribution in [-0.4, -0.2) is 22.2 Å². The van der Waals surface area contributed by atoms with Crippen molar-refractivity contribution in [2.75, 3.05) is 0 Å². The van der Waals surface area contributed by atoms with Crippen molar-refractivity contribution in [2.45, 2.75) is 40.0 Å². The van der Waals surface area contributed by atoms with Gasteiger partial charge in [0, 0.05) is 0 Å². The second kappa shape index (κ2) is 7.79. The summed E-state index contributed by atoms with van der Waals surface area (Å²) in [5.41, 5.74) is -1.66. The zero-order valence-corrected chi connectivity index (χ0v) is 13.0. The van der Waals surface area contributed by atoms with Crippen molar-refractivity contribution in [3.05, 3.63) is 0 Å². The van der Waals surface area contributed by atoms with Crippen LogP contribution in [0.15, 0.2) is 0 Å². The van der Waals surface area contributed by atoms with E-state index in [1.165, 1.54) is 6.92 Å². The maximum absolute atomic E-state index is 10.9. The minimum absolute atomic E-state index is 0. The maximum atomic E-state index is 10.9. The third-order valence-electron chi connectivity index (χ3n) is 2.86. The first-order valence-electron chi connectivity index (χ1n) is 4.84. The summed E-state index contributed by atoms with van der Waals surface area (Å²) < 4.78 is 0. The largest absolute Gasteiger partial charge is 1.00 e. The SMILES string of the molecule is CCCCC(C)C(C)(C(=O)O)C(=O)O.[H-].[K+]. The molecule has 0 aromatic rings. The Hall–Kier alpha value is 0.576. The number of hydrogen-bond acceptors (Lipinski definition) is 2. The van der Waals surface area contributed by atoms with E-state index in [-0.39, 0.29) is 58.7 Å². The standard InChI is InChI=1S/C10H18O4.K.H/c1-4-5-6-7(2)10(3,8(11)12)9(13)14;;/h7H,4-6H2,1-3H3,(H,11,12)(H,13,14);;/q;+1;-1. The first-order valence-corrected chi connectivity index (χ1v) is 4.84. The van der Waals surface area contributed by atoms with E-state index in [2.05, 4.69) is 0 Å². The Kier molecular flexibility index (Phi) is 9.32. The number of carboxylic acids is 2. The summed E-state index contributed by atoms with van der Waals surface area (Å²) in [6, 6.07) is 0. The van der Waals surface area contributed by atoms with Gasteiger partial charge in [0.1, 0.15) is 0 Å². The van der Waals surface area contributed by atoms with E-state index >= 15 is 0 Å². The van der Waals surface area contributed by atoms with E-state index in [9.17, 15) is 9.59 Å². The normalized spacial score (nSPS) is 12.7. The second-order valence-corrected chi connectivity index (χ2v) is 3.86. The quantitative estimate of drug-likeness (QED) is 0.468. The molecule has 0 aromatic carbocycles. The number of carboxylic acid groups (broad SMARTS) is 2. The molecule has 0 saturated carbocycles. The average molecular weight is 242 g/mol. The molecule has 0 rings (SSSR count). The molecule has 0 aliphatic carbocycles. The fourth-order valence-corrected chi connectivity index (χ4v) is 1.31. The topological polar surface area (TPSA) is 74.6 Å². The van der Waals surface area contributed by atoms with E-state index in [0.29, 0.717) is 6.42 Å². The zero-order valence-electron chi connectivity index (χ0n) is 10.9. The summed E-state index contributed by atoms with van der Waals surface area (Å²) in [5.74, 6) is -2.86. The monoisotopic (exact) mass is 242 g/mol. The molecule has 15 heavy (non-hydrogen) atoms. The number of carbonyl (C=O) groups is 2. The second-order valence-electron chi connectivity index (χ2n) is 3.86. The fraction of sp³-hybridized carbons (Fsp3) is 0.800. The minimum atomic E-state index is -1.66. The van der Waals surface area contributed by atoms with Crippen LogP contribution in [0.3, 0.4) is 0 Å². The van der Waals surface area contributed by atoms with E-state index in [0.717, 1.165) is 12.8 Å². The van der Waals surface area contributed by atoms with Crippen LogP contribution < -0.4 is 51.4 Å². The van der Waals surface area contributed by atoms with Crippen molar-refractivity contribution in [3.8, 4) is 0 Å². The van der Waals surface area contributed by atoms with E-state index < -0.39 is 17.4 Å². The Balaban J connectivity index is -0.000000845. The van der Waals surface area contributed by atoms with Crippen LogP contribution in [0.4, 0.5) is 0 Å². The summed E-state index contributed by atoms with van der Waals surface area (Å²) in [4.78, 5) is 21.8. The molecule has 2 N–H and O–H groups in total. The zero-order chi connectivity index (χ0) is 11.4. The predicted octanol–water partition coefficient (Wildman–Crippen LogP) is -0.895. The molecular formula is C10H19KO4. The van der Waals surface area contributed by atoms with Crippen LogP contribution in [-0.2, 0) is 9.59 Å².